The minimum atomic E-state index is -0.320. The van der Waals surface area contributed by atoms with Crippen LogP contribution in [0.3, 0.4) is 0 Å². The molecule has 1 fully saturated rings. The first kappa shape index (κ1) is 21.5. The average molecular weight is 464 g/mol. The smallest absolute Gasteiger partial charge is 0.227 e. The molecule has 0 spiro atoms. The van der Waals surface area contributed by atoms with E-state index in [1.54, 1.807) is 17.0 Å². The number of hydrogen-bond acceptors (Lipinski definition) is 3. The van der Waals surface area contributed by atoms with E-state index in [4.69, 9.17) is 21.3 Å². The Balaban J connectivity index is 1.39. The fraction of sp³-hybridized carbons (Fsp3) is 0.231. The van der Waals surface area contributed by atoms with E-state index < -0.39 is 0 Å². The Morgan fingerprint density at radius 3 is 2.70 bits per heavy atom. The van der Waals surface area contributed by atoms with Gasteiger partial charge in [-0.1, -0.05) is 23.7 Å². The average Bonchev–Trinajstić information content (AvgIpc) is 3.37. The number of amides is 1. The zero-order valence-electron chi connectivity index (χ0n) is 18.2. The van der Waals surface area contributed by atoms with Crippen LogP contribution in [0.2, 0.25) is 5.02 Å². The summed E-state index contributed by atoms with van der Waals surface area (Å²) in [5, 5.41) is 0.710. The number of rotatable bonds is 6. The molecule has 3 aromatic carbocycles. The van der Waals surface area contributed by atoms with E-state index in [1.165, 1.54) is 12.1 Å². The quantitative estimate of drug-likeness (QED) is 0.366. The second kappa shape index (κ2) is 8.87. The molecule has 0 N–H and O–H groups in total. The summed E-state index contributed by atoms with van der Waals surface area (Å²) in [4.78, 5) is 19.4. The van der Waals surface area contributed by atoms with E-state index >= 15 is 0 Å². The van der Waals surface area contributed by atoms with Crippen molar-refractivity contribution in [2.75, 3.05) is 18.1 Å². The summed E-state index contributed by atoms with van der Waals surface area (Å²) in [6, 6.07) is 19.6. The lowest BCUT2D eigenvalue weighted by Gasteiger charge is -2.17. The highest BCUT2D eigenvalue weighted by atomic mass is 35.5. The van der Waals surface area contributed by atoms with Crippen molar-refractivity contribution < 1.29 is 13.9 Å². The minimum Gasteiger partial charge on any atom is -0.492 e. The normalized spacial score (nSPS) is 16.0. The lowest BCUT2D eigenvalue weighted by Crippen LogP contribution is -2.24. The Kier molecular flexibility index (Phi) is 5.77. The van der Waals surface area contributed by atoms with Gasteiger partial charge in [-0.3, -0.25) is 4.79 Å². The van der Waals surface area contributed by atoms with Gasteiger partial charge in [-0.25, -0.2) is 9.37 Å². The van der Waals surface area contributed by atoms with Gasteiger partial charge in [0.25, 0.3) is 0 Å². The van der Waals surface area contributed by atoms with E-state index in [-0.39, 0.29) is 17.6 Å². The van der Waals surface area contributed by atoms with Gasteiger partial charge in [0.2, 0.25) is 5.91 Å². The third-order valence-electron chi connectivity index (χ3n) is 6.03. The van der Waals surface area contributed by atoms with Crippen molar-refractivity contribution in [3.05, 3.63) is 89.0 Å². The Hall–Kier alpha value is -3.38. The predicted octanol–water partition coefficient (Wildman–Crippen LogP) is 5.74. The van der Waals surface area contributed by atoms with Crippen LogP contribution in [-0.2, 0) is 11.3 Å². The number of aryl methyl sites for hydroxylation is 1. The van der Waals surface area contributed by atoms with Crippen molar-refractivity contribution in [2.45, 2.75) is 25.8 Å². The SMILES string of the molecule is Cc1cc(OCCn2c([C@H]3CC(=O)N(c4ccc(F)cc4)C3)nc3ccccc32)ccc1Cl. The fourth-order valence-electron chi connectivity index (χ4n) is 4.35. The monoisotopic (exact) mass is 463 g/mol. The summed E-state index contributed by atoms with van der Waals surface area (Å²) in [5.74, 6) is 1.26. The van der Waals surface area contributed by atoms with Crippen molar-refractivity contribution in [3.8, 4) is 5.75 Å². The number of aromatic nitrogens is 2. The van der Waals surface area contributed by atoms with Gasteiger partial charge in [-0.05, 0) is 67.1 Å². The van der Waals surface area contributed by atoms with Crippen molar-refractivity contribution in [2.24, 2.45) is 0 Å². The molecule has 0 unspecified atom stereocenters. The van der Waals surface area contributed by atoms with E-state index in [1.807, 2.05) is 49.4 Å². The molecule has 0 saturated carbocycles. The van der Waals surface area contributed by atoms with Gasteiger partial charge in [0.15, 0.2) is 0 Å². The molecule has 5 rings (SSSR count). The highest BCUT2D eigenvalue weighted by molar-refractivity contribution is 6.31. The molecule has 1 aliphatic heterocycles. The van der Waals surface area contributed by atoms with Crippen molar-refractivity contribution in [3.63, 3.8) is 0 Å². The van der Waals surface area contributed by atoms with Crippen LogP contribution >= 0.6 is 11.6 Å². The molecule has 1 aliphatic rings. The van der Waals surface area contributed by atoms with Gasteiger partial charge in [-0.15, -0.1) is 0 Å². The highest BCUT2D eigenvalue weighted by Gasteiger charge is 2.34. The summed E-state index contributed by atoms with van der Waals surface area (Å²) >= 11 is 6.11. The molecule has 168 valence electrons. The van der Waals surface area contributed by atoms with Crippen LogP contribution in [0.5, 0.6) is 5.75 Å². The maximum atomic E-state index is 13.3. The number of carbonyl (C=O) groups is 1. The molecule has 0 bridgehead atoms. The summed E-state index contributed by atoms with van der Waals surface area (Å²) in [7, 11) is 0. The lowest BCUT2D eigenvalue weighted by atomic mass is 10.1. The number of para-hydroxylation sites is 2. The molecule has 1 atom stereocenters. The van der Waals surface area contributed by atoms with E-state index in [0.717, 1.165) is 28.2 Å². The Morgan fingerprint density at radius 2 is 1.91 bits per heavy atom. The van der Waals surface area contributed by atoms with Crippen LogP contribution in [0.15, 0.2) is 66.7 Å². The number of fused-ring (bicyclic) bond motifs is 1. The van der Waals surface area contributed by atoms with E-state index in [0.29, 0.717) is 36.8 Å². The predicted molar refractivity (Wildman–Crippen MR) is 128 cm³/mol. The summed E-state index contributed by atoms with van der Waals surface area (Å²) in [6.45, 7) is 3.50. The molecule has 33 heavy (non-hydrogen) atoms. The van der Waals surface area contributed by atoms with Crippen molar-refractivity contribution in [1.82, 2.24) is 9.55 Å². The van der Waals surface area contributed by atoms with Crippen molar-refractivity contribution in [1.29, 1.82) is 0 Å². The molecule has 2 heterocycles. The van der Waals surface area contributed by atoms with Crippen LogP contribution < -0.4 is 9.64 Å². The second-order valence-electron chi connectivity index (χ2n) is 8.25. The first-order chi connectivity index (χ1) is 16.0. The van der Waals surface area contributed by atoms with E-state index in [2.05, 4.69) is 4.57 Å². The molecule has 5 nitrogen and oxygen atoms in total. The Bertz CT molecular complexity index is 1320. The van der Waals surface area contributed by atoms with Crippen LogP contribution in [-0.4, -0.2) is 28.6 Å². The van der Waals surface area contributed by atoms with Gasteiger partial charge in [-0.2, -0.15) is 0 Å². The molecule has 1 aromatic heterocycles. The number of benzene rings is 3. The molecule has 0 aliphatic carbocycles. The third-order valence-corrected chi connectivity index (χ3v) is 6.45. The van der Waals surface area contributed by atoms with Crippen molar-refractivity contribution >= 4 is 34.2 Å². The van der Waals surface area contributed by atoms with Gasteiger partial charge in [0, 0.05) is 29.6 Å². The largest absolute Gasteiger partial charge is 0.492 e. The van der Waals surface area contributed by atoms with E-state index in [9.17, 15) is 9.18 Å². The number of nitrogens with zero attached hydrogens (tertiary/aromatic N) is 3. The molecular formula is C26H23ClFN3O2. The first-order valence-electron chi connectivity index (χ1n) is 10.9. The highest BCUT2D eigenvalue weighted by Crippen LogP contribution is 2.33. The number of halogens is 2. The zero-order valence-corrected chi connectivity index (χ0v) is 18.9. The molecule has 1 amide bonds. The number of carbonyl (C=O) groups excluding carboxylic acids is 1. The molecule has 1 saturated heterocycles. The first-order valence-corrected chi connectivity index (χ1v) is 11.3. The second-order valence-corrected chi connectivity index (χ2v) is 8.66. The van der Waals surface area contributed by atoms with Crippen LogP contribution in [0.4, 0.5) is 10.1 Å². The fourth-order valence-corrected chi connectivity index (χ4v) is 4.47. The molecule has 0 radical (unpaired) electrons. The number of ether oxygens (including phenoxy) is 1. The number of hydrogen-bond donors (Lipinski definition) is 0. The minimum absolute atomic E-state index is 0.0121. The van der Waals surface area contributed by atoms with Crippen LogP contribution in [0, 0.1) is 12.7 Å². The standard InChI is InChI=1S/C26H23ClFN3O2/c1-17-14-21(10-11-22(17)27)33-13-12-30-24-5-3-2-4-23(24)29-26(30)18-15-25(32)31(16-18)20-8-6-19(28)7-9-20/h2-11,14,18H,12-13,15-16H2,1H3/t18-/m0/s1. The molecule has 4 aromatic rings. The third kappa shape index (κ3) is 4.31. The number of imidazole rings is 1. The Labute approximate surface area is 196 Å². The van der Waals surface area contributed by atoms with Crippen LogP contribution in [0.1, 0.15) is 23.7 Å². The number of anilines is 1. The summed E-state index contributed by atoms with van der Waals surface area (Å²) in [5.41, 5.74) is 3.57. The van der Waals surface area contributed by atoms with Gasteiger partial charge < -0.3 is 14.2 Å². The molecule has 7 heteroatoms. The zero-order chi connectivity index (χ0) is 22.9. The summed E-state index contributed by atoms with van der Waals surface area (Å²) < 4.78 is 21.5. The maximum Gasteiger partial charge on any atom is 0.227 e. The van der Waals surface area contributed by atoms with Crippen LogP contribution in [0.25, 0.3) is 11.0 Å². The maximum absolute atomic E-state index is 13.3. The van der Waals surface area contributed by atoms with Gasteiger partial charge in [0.05, 0.1) is 17.6 Å². The van der Waals surface area contributed by atoms with Gasteiger partial charge in [0.1, 0.15) is 24.0 Å². The molecular weight excluding hydrogens is 441 g/mol. The lowest BCUT2D eigenvalue weighted by molar-refractivity contribution is -0.117. The van der Waals surface area contributed by atoms with Gasteiger partial charge >= 0.3 is 0 Å². The topological polar surface area (TPSA) is 47.4 Å². The summed E-state index contributed by atoms with van der Waals surface area (Å²) in [6.07, 6.45) is 0.359. The Morgan fingerprint density at radius 1 is 1.12 bits per heavy atom.